The molecule has 1 heterocycles. The molecule has 0 bridgehead atoms. The molecule has 1 N–H and O–H groups in total. The van der Waals surface area contributed by atoms with E-state index in [0.717, 1.165) is 19.4 Å². The van der Waals surface area contributed by atoms with E-state index in [1.807, 2.05) is 20.8 Å². The lowest BCUT2D eigenvalue weighted by Gasteiger charge is -2.21. The Hall–Kier alpha value is -0.610. The average Bonchev–Trinajstić information content (AvgIpc) is 2.71. The molecule has 0 aromatic heterocycles. The van der Waals surface area contributed by atoms with Gasteiger partial charge in [-0.05, 0) is 33.6 Å². The third-order valence-electron chi connectivity index (χ3n) is 3.40. The third kappa shape index (κ3) is 4.64. The van der Waals surface area contributed by atoms with Gasteiger partial charge in [0.05, 0.1) is 24.7 Å². The Morgan fingerprint density at radius 1 is 1.47 bits per heavy atom. The fourth-order valence-corrected chi connectivity index (χ4v) is 2.01. The second kappa shape index (κ2) is 6.97. The molecule has 0 aromatic rings. The Kier molecular flexibility index (Phi) is 5.92. The lowest BCUT2D eigenvalue weighted by atomic mass is 10.0. The second-order valence-corrected chi connectivity index (χ2v) is 4.88. The molecule has 0 aliphatic carbocycles. The van der Waals surface area contributed by atoms with Crippen molar-refractivity contribution in [3.63, 3.8) is 0 Å². The van der Waals surface area contributed by atoms with Gasteiger partial charge in [0.25, 0.3) is 0 Å². The average molecular weight is 243 g/mol. The van der Waals surface area contributed by atoms with Crippen LogP contribution in [0.5, 0.6) is 0 Å². The summed E-state index contributed by atoms with van der Waals surface area (Å²) in [5, 5.41) is 3.36. The first-order valence-corrected chi connectivity index (χ1v) is 6.60. The Labute approximate surface area is 104 Å². The molecule has 0 saturated carbocycles. The van der Waals surface area contributed by atoms with E-state index in [2.05, 4.69) is 12.2 Å². The van der Waals surface area contributed by atoms with Gasteiger partial charge >= 0.3 is 5.97 Å². The summed E-state index contributed by atoms with van der Waals surface area (Å²) >= 11 is 0. The minimum atomic E-state index is -0.131. The number of ether oxygens (including phenoxy) is 2. The molecule has 4 atom stereocenters. The van der Waals surface area contributed by atoms with Crippen molar-refractivity contribution < 1.29 is 14.3 Å². The molecule has 0 amide bonds. The van der Waals surface area contributed by atoms with Gasteiger partial charge in [-0.3, -0.25) is 4.79 Å². The van der Waals surface area contributed by atoms with Crippen molar-refractivity contribution in [3.05, 3.63) is 0 Å². The molecule has 0 unspecified atom stereocenters. The van der Waals surface area contributed by atoms with Crippen LogP contribution in [0.2, 0.25) is 0 Å². The summed E-state index contributed by atoms with van der Waals surface area (Å²) in [6.45, 7) is 9.10. The van der Waals surface area contributed by atoms with Crippen LogP contribution < -0.4 is 5.32 Å². The van der Waals surface area contributed by atoms with Crippen molar-refractivity contribution in [2.45, 2.75) is 58.8 Å². The van der Waals surface area contributed by atoms with Crippen molar-refractivity contribution in [3.8, 4) is 0 Å². The summed E-state index contributed by atoms with van der Waals surface area (Å²) in [6, 6.07) is 0.119. The molecule has 1 aliphatic rings. The van der Waals surface area contributed by atoms with Gasteiger partial charge in [0.1, 0.15) is 0 Å². The molecule has 4 nitrogen and oxygen atoms in total. The van der Waals surface area contributed by atoms with Crippen LogP contribution in [-0.2, 0) is 14.3 Å². The smallest absolute Gasteiger partial charge is 0.310 e. The molecule has 1 rings (SSSR count). The Balaban J connectivity index is 2.24. The van der Waals surface area contributed by atoms with Crippen molar-refractivity contribution in [2.75, 3.05) is 13.2 Å². The molecule has 0 spiro atoms. The lowest BCUT2D eigenvalue weighted by molar-refractivity contribution is -0.148. The van der Waals surface area contributed by atoms with Crippen LogP contribution >= 0.6 is 0 Å². The molecule has 1 saturated heterocycles. The number of carbonyl (C=O) groups excluding carboxylic acids is 1. The normalized spacial score (nSPS) is 27.8. The summed E-state index contributed by atoms with van der Waals surface area (Å²) in [6.07, 6.45) is 2.91. The van der Waals surface area contributed by atoms with Crippen LogP contribution in [0.1, 0.15) is 40.5 Å². The number of hydrogen-bond donors (Lipinski definition) is 1. The fraction of sp³-hybridized carbons (Fsp3) is 0.923. The van der Waals surface area contributed by atoms with Gasteiger partial charge in [-0.15, -0.1) is 0 Å². The maximum absolute atomic E-state index is 11.5. The third-order valence-corrected chi connectivity index (χ3v) is 3.40. The molecule has 1 aliphatic heterocycles. The van der Waals surface area contributed by atoms with E-state index in [4.69, 9.17) is 9.47 Å². The van der Waals surface area contributed by atoms with Crippen LogP contribution in [-0.4, -0.2) is 37.4 Å². The van der Waals surface area contributed by atoms with E-state index in [1.165, 1.54) is 0 Å². The number of esters is 1. The maximum Gasteiger partial charge on any atom is 0.310 e. The Morgan fingerprint density at radius 3 is 2.71 bits per heavy atom. The number of rotatable bonds is 6. The zero-order valence-electron chi connectivity index (χ0n) is 11.4. The van der Waals surface area contributed by atoms with Crippen LogP contribution in [0.3, 0.4) is 0 Å². The van der Waals surface area contributed by atoms with Crippen molar-refractivity contribution in [1.82, 2.24) is 5.32 Å². The number of hydrogen-bond acceptors (Lipinski definition) is 4. The van der Waals surface area contributed by atoms with E-state index in [-0.39, 0.29) is 17.9 Å². The zero-order chi connectivity index (χ0) is 12.8. The maximum atomic E-state index is 11.5. The Bertz CT molecular complexity index is 245. The van der Waals surface area contributed by atoms with Crippen LogP contribution in [0.25, 0.3) is 0 Å². The van der Waals surface area contributed by atoms with Crippen LogP contribution in [0, 0.1) is 5.92 Å². The zero-order valence-corrected chi connectivity index (χ0v) is 11.4. The second-order valence-electron chi connectivity index (χ2n) is 4.88. The predicted octanol–water partition coefficient (Wildman–Crippen LogP) is 1.73. The molecule has 1 fully saturated rings. The summed E-state index contributed by atoms with van der Waals surface area (Å²) in [7, 11) is 0. The van der Waals surface area contributed by atoms with Gasteiger partial charge in [0.15, 0.2) is 0 Å². The molecule has 4 heteroatoms. The highest BCUT2D eigenvalue weighted by molar-refractivity contribution is 5.72. The van der Waals surface area contributed by atoms with Crippen LogP contribution in [0.15, 0.2) is 0 Å². The van der Waals surface area contributed by atoms with E-state index in [1.54, 1.807) is 0 Å². The van der Waals surface area contributed by atoms with E-state index < -0.39 is 0 Å². The first-order valence-electron chi connectivity index (χ1n) is 6.60. The van der Waals surface area contributed by atoms with Gasteiger partial charge in [-0.25, -0.2) is 0 Å². The molecular formula is C13H25NO3. The van der Waals surface area contributed by atoms with Crippen molar-refractivity contribution in [2.24, 2.45) is 5.92 Å². The standard InChI is InChI=1S/C13H25NO3/c1-5-16-13(15)10(3)11(4)14-8-12-7-6-9(2)17-12/h9-12,14H,5-8H2,1-4H3/t9-,10-,11+,12-/m1/s1. The summed E-state index contributed by atoms with van der Waals surface area (Å²) in [5.41, 5.74) is 0. The van der Waals surface area contributed by atoms with Crippen molar-refractivity contribution in [1.29, 1.82) is 0 Å². The Morgan fingerprint density at radius 2 is 2.18 bits per heavy atom. The summed E-state index contributed by atoms with van der Waals surface area (Å²) < 4.78 is 10.7. The van der Waals surface area contributed by atoms with Gasteiger partial charge in [-0.1, -0.05) is 6.92 Å². The molecule has 17 heavy (non-hydrogen) atoms. The van der Waals surface area contributed by atoms with E-state index >= 15 is 0 Å². The van der Waals surface area contributed by atoms with Crippen molar-refractivity contribution >= 4 is 5.97 Å². The highest BCUT2D eigenvalue weighted by Crippen LogP contribution is 2.18. The SMILES string of the molecule is CCOC(=O)[C@H](C)[C@H](C)NC[C@H]1CC[C@@H](C)O1. The molecule has 0 radical (unpaired) electrons. The first kappa shape index (κ1) is 14.5. The monoisotopic (exact) mass is 243 g/mol. The molecule has 100 valence electrons. The highest BCUT2D eigenvalue weighted by atomic mass is 16.5. The van der Waals surface area contributed by atoms with Gasteiger partial charge < -0.3 is 14.8 Å². The van der Waals surface area contributed by atoms with Gasteiger partial charge in [0.2, 0.25) is 0 Å². The van der Waals surface area contributed by atoms with E-state index in [0.29, 0.717) is 18.8 Å². The topological polar surface area (TPSA) is 47.6 Å². The summed E-state index contributed by atoms with van der Waals surface area (Å²) in [5.74, 6) is -0.248. The van der Waals surface area contributed by atoms with Gasteiger partial charge in [0, 0.05) is 12.6 Å². The van der Waals surface area contributed by atoms with E-state index in [9.17, 15) is 4.79 Å². The summed E-state index contributed by atoms with van der Waals surface area (Å²) in [4.78, 5) is 11.5. The number of carbonyl (C=O) groups is 1. The molecule has 0 aromatic carbocycles. The minimum Gasteiger partial charge on any atom is -0.466 e. The predicted molar refractivity (Wildman–Crippen MR) is 66.8 cm³/mol. The first-order chi connectivity index (χ1) is 8.04. The lowest BCUT2D eigenvalue weighted by Crippen LogP contribution is -2.40. The fourth-order valence-electron chi connectivity index (χ4n) is 2.01. The largest absolute Gasteiger partial charge is 0.466 e. The molecular weight excluding hydrogens is 218 g/mol. The quantitative estimate of drug-likeness (QED) is 0.722. The van der Waals surface area contributed by atoms with Gasteiger partial charge in [-0.2, -0.15) is 0 Å². The number of nitrogens with one attached hydrogen (secondary N) is 1. The highest BCUT2D eigenvalue weighted by Gasteiger charge is 2.25. The van der Waals surface area contributed by atoms with Crippen LogP contribution in [0.4, 0.5) is 0 Å². The minimum absolute atomic E-state index is 0.117.